The van der Waals surface area contributed by atoms with Crippen LogP contribution in [0.25, 0.3) is 0 Å². The van der Waals surface area contributed by atoms with Crippen LogP contribution in [0, 0.1) is 12.8 Å². The van der Waals surface area contributed by atoms with Gasteiger partial charge in [-0.25, -0.2) is 0 Å². The highest BCUT2D eigenvalue weighted by Gasteiger charge is 2.31. The number of carbonyl (C=O) groups excluding carboxylic acids is 1. The number of hydrogen-bond acceptors (Lipinski definition) is 3. The quantitative estimate of drug-likeness (QED) is 0.875. The molecule has 3 rings (SSSR count). The van der Waals surface area contributed by atoms with Crippen molar-refractivity contribution < 1.29 is 9.90 Å². The standard InChI is InChI=1S/C20H24N2O3/c1-14-5-3-6-15(11-14)12-22-10-4-7-17(20(22)25)19(24)21(2)13-18(23)16-8-9-16/h3-7,10-11,16,18,23H,8-9,12-13H2,1-2H3. The van der Waals surface area contributed by atoms with Crippen molar-refractivity contribution in [1.82, 2.24) is 9.47 Å². The predicted octanol–water partition coefficient (Wildman–Crippen LogP) is 2.05. The SMILES string of the molecule is Cc1cccc(Cn2cccc(C(=O)N(C)CC(O)C3CC3)c2=O)c1. The lowest BCUT2D eigenvalue weighted by Crippen LogP contribution is -2.38. The van der Waals surface area contributed by atoms with Crippen LogP contribution in [0.2, 0.25) is 0 Å². The molecule has 1 aliphatic carbocycles. The first-order valence-electron chi connectivity index (χ1n) is 8.64. The summed E-state index contributed by atoms with van der Waals surface area (Å²) >= 11 is 0. The Balaban J connectivity index is 1.77. The predicted molar refractivity (Wildman–Crippen MR) is 96.7 cm³/mol. The number of aliphatic hydroxyl groups excluding tert-OH is 1. The molecule has 1 aliphatic rings. The minimum absolute atomic E-state index is 0.139. The monoisotopic (exact) mass is 340 g/mol. The van der Waals surface area contributed by atoms with Gasteiger partial charge in [-0.3, -0.25) is 9.59 Å². The van der Waals surface area contributed by atoms with E-state index in [4.69, 9.17) is 0 Å². The molecule has 1 fully saturated rings. The number of pyridine rings is 1. The molecule has 5 nitrogen and oxygen atoms in total. The van der Waals surface area contributed by atoms with Crippen molar-refractivity contribution in [3.8, 4) is 0 Å². The van der Waals surface area contributed by atoms with Gasteiger partial charge in [0.1, 0.15) is 5.56 Å². The number of hydrogen-bond donors (Lipinski definition) is 1. The molecule has 25 heavy (non-hydrogen) atoms. The highest BCUT2D eigenvalue weighted by Crippen LogP contribution is 2.32. The number of benzene rings is 1. The van der Waals surface area contributed by atoms with Gasteiger partial charge in [-0.2, -0.15) is 0 Å². The summed E-state index contributed by atoms with van der Waals surface area (Å²) in [6, 6.07) is 11.2. The second-order valence-electron chi connectivity index (χ2n) is 6.93. The number of aliphatic hydroxyl groups is 1. The fourth-order valence-electron chi connectivity index (χ4n) is 3.03. The molecule has 1 aromatic heterocycles. The maximum absolute atomic E-state index is 12.7. The molecule has 0 bridgehead atoms. The first kappa shape index (κ1) is 17.4. The average Bonchev–Trinajstić information content (AvgIpc) is 3.41. The maximum atomic E-state index is 12.7. The van der Waals surface area contributed by atoms with Crippen LogP contribution in [0.3, 0.4) is 0 Å². The van der Waals surface area contributed by atoms with Gasteiger partial charge in [0.05, 0.1) is 12.6 Å². The van der Waals surface area contributed by atoms with Crippen LogP contribution in [0.1, 0.15) is 34.3 Å². The Bertz CT molecular complexity index is 824. The third kappa shape index (κ3) is 4.17. The van der Waals surface area contributed by atoms with Crippen LogP contribution in [0.15, 0.2) is 47.4 Å². The Hall–Kier alpha value is -2.40. The third-order valence-electron chi connectivity index (χ3n) is 4.66. The highest BCUT2D eigenvalue weighted by atomic mass is 16.3. The van der Waals surface area contributed by atoms with Crippen LogP contribution in [-0.4, -0.2) is 40.2 Å². The number of nitrogens with zero attached hydrogens (tertiary/aromatic N) is 2. The number of aromatic nitrogens is 1. The Morgan fingerprint density at radius 1 is 1.32 bits per heavy atom. The van der Waals surface area contributed by atoms with Gasteiger partial charge in [0, 0.05) is 19.8 Å². The Morgan fingerprint density at radius 3 is 2.76 bits per heavy atom. The van der Waals surface area contributed by atoms with E-state index in [1.165, 1.54) is 4.90 Å². The van der Waals surface area contributed by atoms with Gasteiger partial charge in [-0.05, 0) is 43.4 Å². The molecule has 1 amide bonds. The number of rotatable bonds is 6. The van der Waals surface area contributed by atoms with E-state index < -0.39 is 6.10 Å². The summed E-state index contributed by atoms with van der Waals surface area (Å²) in [5, 5.41) is 10.0. The smallest absolute Gasteiger partial charge is 0.263 e. The fourth-order valence-corrected chi connectivity index (χ4v) is 3.03. The number of amides is 1. The minimum atomic E-state index is -0.507. The zero-order valence-corrected chi connectivity index (χ0v) is 14.7. The van der Waals surface area contributed by atoms with Crippen LogP contribution < -0.4 is 5.56 Å². The molecular weight excluding hydrogens is 316 g/mol. The molecule has 0 spiro atoms. The lowest BCUT2D eigenvalue weighted by molar-refractivity contribution is 0.0643. The van der Waals surface area contributed by atoms with Gasteiger partial charge >= 0.3 is 0 Å². The summed E-state index contributed by atoms with van der Waals surface area (Å²) in [4.78, 5) is 26.7. The molecule has 1 saturated carbocycles. The van der Waals surface area contributed by atoms with E-state index in [1.54, 1.807) is 29.9 Å². The lowest BCUT2D eigenvalue weighted by Gasteiger charge is -2.21. The van der Waals surface area contributed by atoms with E-state index in [0.717, 1.165) is 24.0 Å². The van der Waals surface area contributed by atoms with Gasteiger partial charge in [0.2, 0.25) is 0 Å². The molecule has 0 saturated heterocycles. The van der Waals surface area contributed by atoms with E-state index >= 15 is 0 Å². The molecule has 1 atom stereocenters. The Morgan fingerprint density at radius 2 is 2.08 bits per heavy atom. The number of aryl methyl sites for hydroxylation is 1. The van der Waals surface area contributed by atoms with Crippen molar-refractivity contribution in [2.24, 2.45) is 5.92 Å². The topological polar surface area (TPSA) is 62.5 Å². The molecule has 0 aliphatic heterocycles. The Labute approximate surface area is 147 Å². The van der Waals surface area contributed by atoms with E-state index in [-0.39, 0.29) is 23.6 Å². The molecule has 5 heteroatoms. The van der Waals surface area contributed by atoms with Gasteiger partial charge in [0.15, 0.2) is 0 Å². The number of carbonyl (C=O) groups is 1. The normalized spacial score (nSPS) is 15.0. The molecule has 0 radical (unpaired) electrons. The van der Waals surface area contributed by atoms with Crippen molar-refractivity contribution in [1.29, 1.82) is 0 Å². The van der Waals surface area contributed by atoms with Crippen molar-refractivity contribution in [3.63, 3.8) is 0 Å². The largest absolute Gasteiger partial charge is 0.391 e. The first-order chi connectivity index (χ1) is 12.0. The molecule has 132 valence electrons. The zero-order valence-electron chi connectivity index (χ0n) is 14.7. The van der Waals surface area contributed by atoms with E-state index in [2.05, 4.69) is 0 Å². The van der Waals surface area contributed by atoms with Gasteiger partial charge in [-0.15, -0.1) is 0 Å². The molecule has 2 aromatic rings. The minimum Gasteiger partial charge on any atom is -0.391 e. The molecule has 1 heterocycles. The summed E-state index contributed by atoms with van der Waals surface area (Å²) in [7, 11) is 1.63. The summed E-state index contributed by atoms with van der Waals surface area (Å²) in [6.07, 6.45) is 3.21. The third-order valence-corrected chi connectivity index (χ3v) is 4.66. The van der Waals surface area contributed by atoms with Gasteiger partial charge in [-0.1, -0.05) is 29.8 Å². The Kier molecular flexibility index (Phi) is 5.04. The maximum Gasteiger partial charge on any atom is 0.263 e. The summed E-state index contributed by atoms with van der Waals surface area (Å²) in [5.41, 5.74) is 1.98. The van der Waals surface area contributed by atoms with Crippen LogP contribution >= 0.6 is 0 Å². The summed E-state index contributed by atoms with van der Waals surface area (Å²) in [5.74, 6) is -0.0488. The summed E-state index contributed by atoms with van der Waals surface area (Å²) < 4.78 is 1.55. The lowest BCUT2D eigenvalue weighted by atomic mass is 10.1. The van der Waals surface area contributed by atoms with E-state index in [9.17, 15) is 14.7 Å². The molecule has 1 aromatic carbocycles. The second kappa shape index (κ2) is 7.23. The van der Waals surface area contributed by atoms with Crippen molar-refractivity contribution in [2.45, 2.75) is 32.4 Å². The van der Waals surface area contributed by atoms with Crippen molar-refractivity contribution in [3.05, 3.63) is 69.6 Å². The van der Waals surface area contributed by atoms with Gasteiger partial charge in [0.25, 0.3) is 11.5 Å². The zero-order chi connectivity index (χ0) is 18.0. The van der Waals surface area contributed by atoms with E-state index in [0.29, 0.717) is 12.5 Å². The molecular formula is C20H24N2O3. The van der Waals surface area contributed by atoms with Crippen molar-refractivity contribution >= 4 is 5.91 Å². The van der Waals surface area contributed by atoms with Crippen LogP contribution in [-0.2, 0) is 6.54 Å². The van der Waals surface area contributed by atoms with E-state index in [1.807, 2.05) is 31.2 Å². The summed E-state index contributed by atoms with van der Waals surface area (Å²) in [6.45, 7) is 2.69. The van der Waals surface area contributed by atoms with Crippen LogP contribution in [0.4, 0.5) is 0 Å². The number of likely N-dealkylation sites (N-methyl/N-ethyl adjacent to an activating group) is 1. The average molecular weight is 340 g/mol. The van der Waals surface area contributed by atoms with Gasteiger partial charge < -0.3 is 14.6 Å². The fraction of sp³-hybridized carbons (Fsp3) is 0.400. The molecule has 1 N–H and O–H groups in total. The highest BCUT2D eigenvalue weighted by molar-refractivity contribution is 5.93. The van der Waals surface area contributed by atoms with Crippen molar-refractivity contribution in [2.75, 3.05) is 13.6 Å². The second-order valence-corrected chi connectivity index (χ2v) is 6.93. The first-order valence-corrected chi connectivity index (χ1v) is 8.64. The molecule has 1 unspecified atom stereocenters. The van der Waals surface area contributed by atoms with Crippen LogP contribution in [0.5, 0.6) is 0 Å².